The van der Waals surface area contributed by atoms with Crippen molar-refractivity contribution in [1.82, 2.24) is 15.0 Å². The van der Waals surface area contributed by atoms with Crippen molar-refractivity contribution in [2.75, 3.05) is 22.9 Å². The van der Waals surface area contributed by atoms with Crippen LogP contribution in [0, 0.1) is 6.92 Å². The van der Waals surface area contributed by atoms with Gasteiger partial charge in [-0.3, -0.25) is 0 Å². The summed E-state index contributed by atoms with van der Waals surface area (Å²) < 4.78 is 1.02. The number of aromatic nitrogens is 3. The summed E-state index contributed by atoms with van der Waals surface area (Å²) in [7, 11) is 0. The first-order valence-electron chi connectivity index (χ1n) is 7.14. The predicted octanol–water partition coefficient (Wildman–Crippen LogP) is 2.41. The third-order valence-electron chi connectivity index (χ3n) is 4.28. The van der Waals surface area contributed by atoms with Crippen molar-refractivity contribution in [3.05, 3.63) is 40.9 Å². The monoisotopic (exact) mass is 345 g/mol. The molecule has 108 valence electrons. The fourth-order valence-electron chi connectivity index (χ4n) is 3.30. The molecule has 0 saturated carbocycles. The third-order valence-corrected chi connectivity index (χ3v) is 4.75. The molecule has 0 radical (unpaired) electrons. The van der Waals surface area contributed by atoms with E-state index in [1.54, 1.807) is 6.33 Å². The molecule has 2 aromatic heterocycles. The summed E-state index contributed by atoms with van der Waals surface area (Å²) in [5.41, 5.74) is 1.02. The molecule has 5 nitrogen and oxygen atoms in total. The number of pyridine rings is 1. The molecule has 0 N–H and O–H groups in total. The molecule has 2 bridgehead atoms. The maximum Gasteiger partial charge on any atom is 0.132 e. The van der Waals surface area contributed by atoms with Crippen LogP contribution in [0.5, 0.6) is 0 Å². The van der Waals surface area contributed by atoms with E-state index < -0.39 is 0 Å². The smallest absolute Gasteiger partial charge is 0.132 e. The Labute approximate surface area is 132 Å². The highest BCUT2D eigenvalue weighted by molar-refractivity contribution is 9.10. The lowest BCUT2D eigenvalue weighted by Crippen LogP contribution is -2.69. The van der Waals surface area contributed by atoms with Crippen LogP contribution in [-0.4, -0.2) is 40.1 Å². The van der Waals surface area contributed by atoms with E-state index in [1.807, 2.05) is 13.1 Å². The van der Waals surface area contributed by atoms with Gasteiger partial charge >= 0.3 is 0 Å². The molecule has 6 heteroatoms. The Balaban J connectivity index is 1.52. The van der Waals surface area contributed by atoms with Gasteiger partial charge in [0.05, 0.1) is 12.1 Å². The highest BCUT2D eigenvalue weighted by Gasteiger charge is 2.45. The summed E-state index contributed by atoms with van der Waals surface area (Å²) in [6.07, 6.45) is 4.77. The van der Waals surface area contributed by atoms with Crippen LogP contribution in [-0.2, 0) is 0 Å². The van der Waals surface area contributed by atoms with Crippen LogP contribution in [0.2, 0.25) is 0 Å². The van der Waals surface area contributed by atoms with Gasteiger partial charge in [0.1, 0.15) is 18.0 Å². The maximum absolute atomic E-state index is 4.53. The van der Waals surface area contributed by atoms with Gasteiger partial charge in [0.2, 0.25) is 0 Å². The normalized spacial score (nSPS) is 23.9. The zero-order valence-corrected chi connectivity index (χ0v) is 13.4. The van der Waals surface area contributed by atoms with Crippen molar-refractivity contribution in [1.29, 1.82) is 0 Å². The molecular weight excluding hydrogens is 330 g/mol. The second kappa shape index (κ2) is 4.94. The zero-order valence-electron chi connectivity index (χ0n) is 11.8. The number of fused-ring (bicyclic) bond motifs is 2. The Morgan fingerprint density at radius 3 is 2.57 bits per heavy atom. The SMILES string of the molecule is Cc1cc(N2CC3CC(C2)N3c2ccc(Br)cn2)ncn1. The van der Waals surface area contributed by atoms with Gasteiger partial charge < -0.3 is 9.80 Å². The topological polar surface area (TPSA) is 45.2 Å². The molecule has 0 aliphatic carbocycles. The predicted molar refractivity (Wildman–Crippen MR) is 85.6 cm³/mol. The van der Waals surface area contributed by atoms with E-state index in [4.69, 9.17) is 0 Å². The average molecular weight is 346 g/mol. The minimum atomic E-state index is 0.535. The second-order valence-electron chi connectivity index (χ2n) is 5.71. The van der Waals surface area contributed by atoms with Crippen molar-refractivity contribution in [3.63, 3.8) is 0 Å². The van der Waals surface area contributed by atoms with E-state index in [1.165, 1.54) is 6.42 Å². The largest absolute Gasteiger partial charge is 0.352 e. The van der Waals surface area contributed by atoms with Crippen LogP contribution < -0.4 is 9.80 Å². The molecule has 0 aromatic carbocycles. The van der Waals surface area contributed by atoms with Gasteiger partial charge in [-0.15, -0.1) is 0 Å². The van der Waals surface area contributed by atoms with Crippen molar-refractivity contribution >= 4 is 27.6 Å². The number of rotatable bonds is 2. The molecule has 5 heterocycles. The highest BCUT2D eigenvalue weighted by atomic mass is 79.9. The number of piperidine rings is 1. The molecule has 0 amide bonds. The number of piperazine rings is 1. The Morgan fingerprint density at radius 1 is 1.10 bits per heavy atom. The number of aryl methyl sites for hydroxylation is 1. The summed E-state index contributed by atoms with van der Waals surface area (Å²) in [6, 6.07) is 7.28. The van der Waals surface area contributed by atoms with Crippen LogP contribution in [0.25, 0.3) is 0 Å². The van der Waals surface area contributed by atoms with Crippen LogP contribution in [0.15, 0.2) is 35.2 Å². The fraction of sp³-hybridized carbons (Fsp3) is 0.400. The van der Waals surface area contributed by atoms with E-state index in [0.717, 1.165) is 34.9 Å². The zero-order chi connectivity index (χ0) is 14.4. The summed E-state index contributed by atoms with van der Waals surface area (Å²) >= 11 is 3.44. The van der Waals surface area contributed by atoms with E-state index in [9.17, 15) is 0 Å². The molecule has 21 heavy (non-hydrogen) atoms. The van der Waals surface area contributed by atoms with E-state index in [-0.39, 0.29) is 0 Å². The van der Waals surface area contributed by atoms with Crippen LogP contribution in [0.4, 0.5) is 11.6 Å². The first-order chi connectivity index (χ1) is 10.2. The fourth-order valence-corrected chi connectivity index (χ4v) is 3.54. The minimum absolute atomic E-state index is 0.535. The minimum Gasteiger partial charge on any atom is -0.352 e. The Kier molecular flexibility index (Phi) is 3.06. The molecule has 2 aromatic rings. The number of hydrogen-bond acceptors (Lipinski definition) is 5. The van der Waals surface area contributed by atoms with E-state index >= 15 is 0 Å². The number of hydrogen-bond donors (Lipinski definition) is 0. The van der Waals surface area contributed by atoms with Crippen LogP contribution in [0.3, 0.4) is 0 Å². The number of anilines is 2. The maximum atomic E-state index is 4.53. The lowest BCUT2D eigenvalue weighted by molar-refractivity contribution is 0.288. The number of nitrogens with zero attached hydrogens (tertiary/aromatic N) is 5. The van der Waals surface area contributed by atoms with Crippen molar-refractivity contribution in [3.8, 4) is 0 Å². The van der Waals surface area contributed by atoms with Crippen LogP contribution >= 0.6 is 15.9 Å². The van der Waals surface area contributed by atoms with Gasteiger partial charge in [0, 0.05) is 35.5 Å². The highest BCUT2D eigenvalue weighted by Crippen LogP contribution is 2.37. The van der Waals surface area contributed by atoms with Gasteiger partial charge in [-0.05, 0) is 41.4 Å². The van der Waals surface area contributed by atoms with E-state index in [2.05, 4.69) is 58.9 Å². The lowest BCUT2D eigenvalue weighted by atomic mass is 9.87. The molecule has 3 saturated heterocycles. The molecule has 3 fully saturated rings. The van der Waals surface area contributed by atoms with Gasteiger partial charge in [-0.25, -0.2) is 15.0 Å². The van der Waals surface area contributed by atoms with Crippen molar-refractivity contribution in [2.45, 2.75) is 25.4 Å². The second-order valence-corrected chi connectivity index (χ2v) is 6.62. The molecular formula is C15H16BrN5. The first kappa shape index (κ1) is 13.0. The molecule has 2 atom stereocenters. The molecule has 0 spiro atoms. The third kappa shape index (κ3) is 2.27. The quantitative estimate of drug-likeness (QED) is 0.836. The molecule has 3 aliphatic heterocycles. The average Bonchev–Trinajstić information content (AvgIpc) is 2.49. The lowest BCUT2D eigenvalue weighted by Gasteiger charge is -2.57. The standard InChI is InChI=1S/C15H16BrN5/c1-10-4-15(19-9-18-10)20-7-12-5-13(8-20)21(12)14-3-2-11(16)6-17-14/h2-4,6,9,12-13H,5,7-8H2,1H3. The summed E-state index contributed by atoms with van der Waals surface area (Å²) in [6.45, 7) is 4.02. The van der Waals surface area contributed by atoms with Gasteiger partial charge in [0.25, 0.3) is 0 Å². The number of halogens is 1. The molecule has 3 aliphatic rings. The van der Waals surface area contributed by atoms with Gasteiger partial charge in [-0.1, -0.05) is 0 Å². The Morgan fingerprint density at radius 2 is 1.90 bits per heavy atom. The summed E-state index contributed by atoms with van der Waals surface area (Å²) in [5, 5.41) is 0. The van der Waals surface area contributed by atoms with Gasteiger partial charge in [-0.2, -0.15) is 0 Å². The Bertz CT molecular complexity index is 647. The molecule has 2 unspecified atom stereocenters. The van der Waals surface area contributed by atoms with Gasteiger partial charge in [0.15, 0.2) is 0 Å². The Hall–Kier alpha value is -1.69. The van der Waals surface area contributed by atoms with E-state index in [0.29, 0.717) is 12.1 Å². The molecule has 5 rings (SSSR count). The summed E-state index contributed by atoms with van der Waals surface area (Å²) in [5.74, 6) is 2.12. The first-order valence-corrected chi connectivity index (χ1v) is 7.93. The summed E-state index contributed by atoms with van der Waals surface area (Å²) in [4.78, 5) is 17.9. The van der Waals surface area contributed by atoms with Crippen molar-refractivity contribution < 1.29 is 0 Å². The van der Waals surface area contributed by atoms with Crippen LogP contribution in [0.1, 0.15) is 12.1 Å². The van der Waals surface area contributed by atoms with Crippen molar-refractivity contribution in [2.24, 2.45) is 0 Å².